The van der Waals surface area contributed by atoms with Crippen LogP contribution in [0.15, 0.2) is 4.52 Å². The summed E-state index contributed by atoms with van der Waals surface area (Å²) in [6.07, 6.45) is 7.30. The van der Waals surface area contributed by atoms with Gasteiger partial charge in [-0.05, 0) is 37.3 Å². The second-order valence-corrected chi connectivity index (χ2v) is 5.01. The van der Waals surface area contributed by atoms with Crippen LogP contribution in [0, 0.1) is 0 Å². The van der Waals surface area contributed by atoms with Crippen LogP contribution < -0.4 is 10.2 Å². The largest absolute Gasteiger partial charge is 0.338 e. The van der Waals surface area contributed by atoms with E-state index in [2.05, 4.69) is 20.4 Å². The standard InChI is InChI=1S/C12H20N4O/c1-2-8-16(9-3-1)12-14-11(17-15-12)6-7-13-10-4-5-10/h10,13H,1-9H2. The van der Waals surface area contributed by atoms with Crippen molar-refractivity contribution in [2.24, 2.45) is 0 Å². The van der Waals surface area contributed by atoms with Gasteiger partial charge >= 0.3 is 0 Å². The van der Waals surface area contributed by atoms with Gasteiger partial charge in [-0.1, -0.05) is 0 Å². The van der Waals surface area contributed by atoms with Crippen molar-refractivity contribution < 1.29 is 4.52 Å². The van der Waals surface area contributed by atoms with Gasteiger partial charge in [-0.2, -0.15) is 4.98 Å². The highest BCUT2D eigenvalue weighted by Crippen LogP contribution is 2.19. The van der Waals surface area contributed by atoms with Gasteiger partial charge in [0, 0.05) is 32.1 Å². The third-order valence-corrected chi connectivity index (χ3v) is 3.45. The molecule has 0 amide bonds. The molecular weight excluding hydrogens is 216 g/mol. The predicted octanol–water partition coefficient (Wildman–Crippen LogP) is 1.35. The van der Waals surface area contributed by atoms with Gasteiger partial charge in [0.15, 0.2) is 0 Å². The Labute approximate surface area is 102 Å². The minimum Gasteiger partial charge on any atom is -0.338 e. The Bertz CT molecular complexity index is 355. The molecule has 5 nitrogen and oxygen atoms in total. The van der Waals surface area contributed by atoms with Crippen LogP contribution >= 0.6 is 0 Å². The minimum atomic E-state index is 0.750. The summed E-state index contributed by atoms with van der Waals surface area (Å²) in [5.41, 5.74) is 0. The molecular formula is C12H20N4O. The zero-order valence-electron chi connectivity index (χ0n) is 10.2. The van der Waals surface area contributed by atoms with Crippen molar-refractivity contribution in [1.29, 1.82) is 0 Å². The Morgan fingerprint density at radius 1 is 1.24 bits per heavy atom. The maximum atomic E-state index is 5.28. The van der Waals surface area contributed by atoms with Crippen molar-refractivity contribution in [3.8, 4) is 0 Å². The fraction of sp³-hybridized carbons (Fsp3) is 0.833. The molecule has 1 N–H and O–H groups in total. The SMILES string of the molecule is C1CCN(c2noc(CCNC3CC3)n2)CC1. The number of hydrogen-bond acceptors (Lipinski definition) is 5. The maximum absolute atomic E-state index is 5.28. The van der Waals surface area contributed by atoms with Crippen LogP contribution in [0.25, 0.3) is 0 Å². The average molecular weight is 236 g/mol. The van der Waals surface area contributed by atoms with E-state index in [1.165, 1.54) is 32.1 Å². The summed E-state index contributed by atoms with van der Waals surface area (Å²) in [4.78, 5) is 6.69. The third kappa shape index (κ3) is 2.97. The lowest BCUT2D eigenvalue weighted by Gasteiger charge is -2.24. The molecule has 0 unspecified atom stereocenters. The van der Waals surface area contributed by atoms with E-state index in [0.29, 0.717) is 0 Å². The highest BCUT2D eigenvalue weighted by Gasteiger charge is 2.20. The molecule has 1 aromatic rings. The number of hydrogen-bond donors (Lipinski definition) is 1. The molecule has 3 rings (SSSR count). The Morgan fingerprint density at radius 2 is 2.06 bits per heavy atom. The minimum absolute atomic E-state index is 0.750. The van der Waals surface area contributed by atoms with Crippen LogP contribution in [0.5, 0.6) is 0 Å². The highest BCUT2D eigenvalue weighted by molar-refractivity contribution is 5.27. The van der Waals surface area contributed by atoms with E-state index in [9.17, 15) is 0 Å². The van der Waals surface area contributed by atoms with E-state index in [-0.39, 0.29) is 0 Å². The molecule has 1 saturated heterocycles. The molecule has 1 aliphatic heterocycles. The molecule has 2 fully saturated rings. The summed E-state index contributed by atoms with van der Waals surface area (Å²) in [5.74, 6) is 1.55. The van der Waals surface area contributed by atoms with Crippen LogP contribution in [-0.4, -0.2) is 35.8 Å². The van der Waals surface area contributed by atoms with Crippen molar-refractivity contribution in [2.75, 3.05) is 24.5 Å². The van der Waals surface area contributed by atoms with Crippen LogP contribution in [0.2, 0.25) is 0 Å². The van der Waals surface area contributed by atoms with Crippen LogP contribution in [0.3, 0.4) is 0 Å². The van der Waals surface area contributed by atoms with Crippen LogP contribution in [-0.2, 0) is 6.42 Å². The van der Waals surface area contributed by atoms with Crippen molar-refractivity contribution >= 4 is 5.95 Å². The fourth-order valence-electron chi connectivity index (χ4n) is 2.24. The Kier molecular flexibility index (Phi) is 3.27. The lowest BCUT2D eigenvalue weighted by atomic mass is 10.1. The number of anilines is 1. The highest BCUT2D eigenvalue weighted by atomic mass is 16.5. The van der Waals surface area contributed by atoms with Gasteiger partial charge in [-0.25, -0.2) is 0 Å². The number of nitrogens with one attached hydrogen (secondary N) is 1. The molecule has 94 valence electrons. The molecule has 17 heavy (non-hydrogen) atoms. The topological polar surface area (TPSA) is 54.2 Å². The van der Waals surface area contributed by atoms with Gasteiger partial charge in [-0.3, -0.25) is 0 Å². The number of rotatable bonds is 5. The fourth-order valence-corrected chi connectivity index (χ4v) is 2.24. The quantitative estimate of drug-likeness (QED) is 0.836. The second-order valence-electron chi connectivity index (χ2n) is 5.01. The van der Waals surface area contributed by atoms with Gasteiger partial charge in [0.1, 0.15) is 0 Å². The predicted molar refractivity (Wildman–Crippen MR) is 65.1 cm³/mol. The summed E-state index contributed by atoms with van der Waals surface area (Å²) < 4.78 is 5.28. The first-order valence-corrected chi connectivity index (χ1v) is 6.73. The summed E-state index contributed by atoms with van der Waals surface area (Å²) in [6.45, 7) is 3.09. The lowest BCUT2D eigenvalue weighted by Crippen LogP contribution is -2.30. The van der Waals surface area contributed by atoms with Crippen LogP contribution in [0.1, 0.15) is 38.0 Å². The molecule has 5 heteroatoms. The number of piperidine rings is 1. The van der Waals surface area contributed by atoms with Gasteiger partial charge < -0.3 is 14.7 Å². The van der Waals surface area contributed by atoms with Crippen molar-refractivity contribution in [3.63, 3.8) is 0 Å². The molecule has 1 saturated carbocycles. The first kappa shape index (κ1) is 11.0. The average Bonchev–Trinajstić information content (AvgIpc) is 3.07. The molecule has 0 aromatic carbocycles. The molecule has 0 spiro atoms. The Balaban J connectivity index is 1.49. The van der Waals surface area contributed by atoms with Crippen LogP contribution in [0.4, 0.5) is 5.95 Å². The van der Waals surface area contributed by atoms with E-state index >= 15 is 0 Å². The summed E-state index contributed by atoms with van der Waals surface area (Å²) in [6, 6.07) is 0.750. The molecule has 1 aromatic heterocycles. The smallest absolute Gasteiger partial charge is 0.266 e. The molecule has 2 aliphatic rings. The first-order valence-electron chi connectivity index (χ1n) is 6.73. The van der Waals surface area contributed by atoms with E-state index in [4.69, 9.17) is 4.52 Å². The van der Waals surface area contributed by atoms with Crippen molar-refractivity contribution in [3.05, 3.63) is 5.89 Å². The molecule has 0 atom stereocenters. The van der Waals surface area contributed by atoms with Gasteiger partial charge in [0.2, 0.25) is 5.89 Å². The first-order chi connectivity index (χ1) is 8.42. The van der Waals surface area contributed by atoms with E-state index in [0.717, 1.165) is 43.9 Å². The summed E-state index contributed by atoms with van der Waals surface area (Å²) in [7, 11) is 0. The normalized spacial score (nSPS) is 20.8. The van der Waals surface area contributed by atoms with Gasteiger partial charge in [0.05, 0.1) is 0 Å². The lowest BCUT2D eigenvalue weighted by molar-refractivity contribution is 0.373. The number of nitrogens with zero attached hydrogens (tertiary/aromatic N) is 3. The Morgan fingerprint density at radius 3 is 2.82 bits per heavy atom. The summed E-state index contributed by atoms with van der Waals surface area (Å²) >= 11 is 0. The molecule has 2 heterocycles. The third-order valence-electron chi connectivity index (χ3n) is 3.45. The van der Waals surface area contributed by atoms with Gasteiger partial charge in [0.25, 0.3) is 5.95 Å². The maximum Gasteiger partial charge on any atom is 0.266 e. The zero-order chi connectivity index (χ0) is 11.5. The van der Waals surface area contributed by atoms with Crippen molar-refractivity contribution in [2.45, 2.75) is 44.6 Å². The Hall–Kier alpha value is -1.10. The van der Waals surface area contributed by atoms with E-state index in [1.54, 1.807) is 0 Å². The van der Waals surface area contributed by atoms with Gasteiger partial charge in [-0.15, -0.1) is 0 Å². The zero-order valence-corrected chi connectivity index (χ0v) is 10.2. The van der Waals surface area contributed by atoms with E-state index < -0.39 is 0 Å². The molecule has 0 bridgehead atoms. The molecule has 0 radical (unpaired) electrons. The van der Waals surface area contributed by atoms with Crippen molar-refractivity contribution in [1.82, 2.24) is 15.5 Å². The second kappa shape index (κ2) is 5.04. The summed E-state index contributed by atoms with van der Waals surface area (Å²) in [5, 5.41) is 7.52. The van der Waals surface area contributed by atoms with E-state index in [1.807, 2.05) is 0 Å². The number of aromatic nitrogens is 2. The molecule has 1 aliphatic carbocycles. The monoisotopic (exact) mass is 236 g/mol.